The molecular formula is C9H6F4O2. The molecule has 82 valence electrons. The molecule has 0 spiro atoms. The summed E-state index contributed by atoms with van der Waals surface area (Å²) in [4.78, 5) is 10.9. The minimum atomic E-state index is -2.98. The van der Waals surface area contributed by atoms with Crippen LogP contribution in [-0.2, 0) is 4.74 Å². The van der Waals surface area contributed by atoms with Crippen LogP contribution in [0.4, 0.5) is 17.6 Å². The first-order valence-corrected chi connectivity index (χ1v) is 3.82. The maximum atomic E-state index is 13.0. The lowest BCUT2D eigenvalue weighted by molar-refractivity contribution is 0.0593. The third-order valence-electron chi connectivity index (χ3n) is 1.71. The van der Waals surface area contributed by atoms with Gasteiger partial charge in [0.1, 0.15) is 0 Å². The Balaban J connectivity index is 3.31. The van der Waals surface area contributed by atoms with Gasteiger partial charge in [-0.05, 0) is 12.1 Å². The van der Waals surface area contributed by atoms with Crippen molar-refractivity contribution in [2.24, 2.45) is 0 Å². The fourth-order valence-electron chi connectivity index (χ4n) is 0.995. The summed E-state index contributed by atoms with van der Waals surface area (Å²) in [7, 11) is 0.939. The van der Waals surface area contributed by atoms with Gasteiger partial charge in [0, 0.05) is 5.56 Å². The highest BCUT2D eigenvalue weighted by Crippen LogP contribution is 2.23. The molecule has 2 nitrogen and oxygen atoms in total. The second-order valence-corrected chi connectivity index (χ2v) is 2.66. The van der Waals surface area contributed by atoms with Crippen molar-refractivity contribution in [3.05, 3.63) is 34.9 Å². The van der Waals surface area contributed by atoms with E-state index in [4.69, 9.17) is 0 Å². The number of hydrogen-bond acceptors (Lipinski definition) is 2. The van der Waals surface area contributed by atoms with Gasteiger partial charge in [-0.15, -0.1) is 0 Å². The fourth-order valence-corrected chi connectivity index (χ4v) is 0.995. The Bertz CT molecular complexity index is 390. The van der Waals surface area contributed by atoms with Gasteiger partial charge >= 0.3 is 5.97 Å². The Labute approximate surface area is 82.5 Å². The largest absolute Gasteiger partial charge is 0.465 e. The highest BCUT2D eigenvalue weighted by Gasteiger charge is 2.20. The molecule has 0 saturated heterocycles. The molecule has 1 rings (SSSR count). The van der Waals surface area contributed by atoms with E-state index < -0.39 is 35.2 Å². The van der Waals surface area contributed by atoms with E-state index >= 15 is 0 Å². The monoisotopic (exact) mass is 222 g/mol. The molecule has 1 aromatic carbocycles. The van der Waals surface area contributed by atoms with Gasteiger partial charge in [0.15, 0.2) is 11.6 Å². The van der Waals surface area contributed by atoms with Crippen molar-refractivity contribution in [1.82, 2.24) is 0 Å². The minimum absolute atomic E-state index is 0.340. The molecule has 0 N–H and O–H groups in total. The van der Waals surface area contributed by atoms with Crippen molar-refractivity contribution in [2.75, 3.05) is 7.11 Å². The predicted molar refractivity (Wildman–Crippen MR) is 42.7 cm³/mol. The van der Waals surface area contributed by atoms with Gasteiger partial charge in [-0.3, -0.25) is 0 Å². The van der Waals surface area contributed by atoms with Crippen molar-refractivity contribution in [3.8, 4) is 0 Å². The predicted octanol–water partition coefficient (Wildman–Crippen LogP) is 2.69. The molecule has 6 heteroatoms. The maximum absolute atomic E-state index is 13.0. The molecule has 15 heavy (non-hydrogen) atoms. The molecular weight excluding hydrogens is 216 g/mol. The van der Waals surface area contributed by atoms with E-state index in [1.807, 2.05) is 0 Å². The van der Waals surface area contributed by atoms with Crippen molar-refractivity contribution in [3.63, 3.8) is 0 Å². The van der Waals surface area contributed by atoms with Crippen LogP contribution in [0.3, 0.4) is 0 Å². The Morgan fingerprint density at radius 3 is 2.40 bits per heavy atom. The van der Waals surface area contributed by atoms with E-state index in [1.54, 1.807) is 0 Å². The third-order valence-corrected chi connectivity index (χ3v) is 1.71. The van der Waals surface area contributed by atoms with Crippen LogP contribution in [0, 0.1) is 11.6 Å². The smallest absolute Gasteiger partial charge is 0.340 e. The summed E-state index contributed by atoms with van der Waals surface area (Å²) in [5, 5.41) is 0. The number of ether oxygens (including phenoxy) is 1. The van der Waals surface area contributed by atoms with Crippen molar-refractivity contribution in [1.29, 1.82) is 0 Å². The van der Waals surface area contributed by atoms with Crippen LogP contribution >= 0.6 is 0 Å². The minimum Gasteiger partial charge on any atom is -0.465 e. The van der Waals surface area contributed by atoms with Gasteiger partial charge in [0.05, 0.1) is 12.7 Å². The van der Waals surface area contributed by atoms with Crippen LogP contribution in [0.25, 0.3) is 0 Å². The molecule has 0 heterocycles. The summed E-state index contributed by atoms with van der Waals surface area (Å²) in [5.74, 6) is -4.20. The number of methoxy groups -OCH3 is 1. The number of carbonyl (C=O) groups is 1. The van der Waals surface area contributed by atoms with Gasteiger partial charge in [0.25, 0.3) is 6.43 Å². The molecule has 0 aromatic heterocycles. The molecule has 0 fully saturated rings. The van der Waals surface area contributed by atoms with Crippen LogP contribution in [0.2, 0.25) is 0 Å². The van der Waals surface area contributed by atoms with Gasteiger partial charge in [0.2, 0.25) is 0 Å². The van der Waals surface area contributed by atoms with Crippen molar-refractivity contribution in [2.45, 2.75) is 6.43 Å². The molecule has 0 amide bonds. The molecule has 0 unspecified atom stereocenters. The SMILES string of the molecule is COC(=O)c1cc(C(F)F)cc(F)c1F. The molecule has 0 atom stereocenters. The van der Waals surface area contributed by atoms with Crippen molar-refractivity contribution < 1.29 is 27.1 Å². The number of rotatable bonds is 2. The molecule has 1 aromatic rings. The Hall–Kier alpha value is -1.59. The standard InChI is InChI=1S/C9H6F4O2/c1-15-9(14)5-2-4(8(12)13)3-6(10)7(5)11/h2-3,8H,1H3. The van der Waals surface area contributed by atoms with Crippen LogP contribution in [0.5, 0.6) is 0 Å². The zero-order valence-electron chi connectivity index (χ0n) is 7.56. The number of benzene rings is 1. The summed E-state index contributed by atoms with van der Waals surface area (Å²) in [5.41, 5.74) is -1.61. The highest BCUT2D eigenvalue weighted by atomic mass is 19.3. The van der Waals surface area contributed by atoms with Gasteiger partial charge in [-0.25, -0.2) is 22.4 Å². The number of alkyl halides is 2. The number of esters is 1. The van der Waals surface area contributed by atoms with Crippen LogP contribution in [-0.4, -0.2) is 13.1 Å². The molecule has 0 radical (unpaired) electrons. The topological polar surface area (TPSA) is 26.3 Å². The van der Waals surface area contributed by atoms with Gasteiger partial charge < -0.3 is 4.74 Å². The number of halogens is 4. The molecule has 0 saturated carbocycles. The molecule has 0 bridgehead atoms. The van der Waals surface area contributed by atoms with Crippen molar-refractivity contribution >= 4 is 5.97 Å². The summed E-state index contributed by atoms with van der Waals surface area (Å²) >= 11 is 0. The first-order valence-electron chi connectivity index (χ1n) is 3.82. The van der Waals surface area contributed by atoms with E-state index in [0.717, 1.165) is 7.11 Å². The summed E-state index contributed by atoms with van der Waals surface area (Å²) in [6, 6.07) is 0.904. The Morgan fingerprint density at radius 2 is 1.93 bits per heavy atom. The van der Waals surface area contributed by atoms with E-state index in [2.05, 4.69) is 4.74 Å². The fraction of sp³-hybridized carbons (Fsp3) is 0.222. The molecule has 0 aliphatic heterocycles. The second kappa shape index (κ2) is 4.29. The first-order chi connectivity index (χ1) is 6.97. The highest BCUT2D eigenvalue weighted by molar-refractivity contribution is 5.89. The average molecular weight is 222 g/mol. The Kier molecular flexibility index (Phi) is 3.28. The zero-order valence-corrected chi connectivity index (χ0v) is 7.56. The van der Waals surface area contributed by atoms with Crippen LogP contribution < -0.4 is 0 Å². The van der Waals surface area contributed by atoms with E-state index in [9.17, 15) is 22.4 Å². The Morgan fingerprint density at radius 1 is 1.33 bits per heavy atom. The molecule has 0 aliphatic carbocycles. The lowest BCUT2D eigenvalue weighted by Crippen LogP contribution is -2.07. The lowest BCUT2D eigenvalue weighted by atomic mass is 10.1. The van der Waals surface area contributed by atoms with E-state index in [-0.39, 0.29) is 0 Å². The quantitative estimate of drug-likeness (QED) is 0.568. The van der Waals surface area contributed by atoms with E-state index in [0.29, 0.717) is 12.1 Å². The zero-order chi connectivity index (χ0) is 11.6. The third kappa shape index (κ3) is 2.26. The number of hydrogen-bond donors (Lipinski definition) is 0. The number of carbonyl (C=O) groups excluding carboxylic acids is 1. The van der Waals surface area contributed by atoms with Gasteiger partial charge in [-0.1, -0.05) is 0 Å². The second-order valence-electron chi connectivity index (χ2n) is 2.66. The lowest BCUT2D eigenvalue weighted by Gasteiger charge is -2.05. The average Bonchev–Trinajstić information content (AvgIpc) is 2.20. The molecule has 0 aliphatic rings. The normalized spacial score (nSPS) is 10.5. The van der Waals surface area contributed by atoms with Crippen LogP contribution in [0.15, 0.2) is 12.1 Å². The van der Waals surface area contributed by atoms with Crippen LogP contribution in [0.1, 0.15) is 22.3 Å². The summed E-state index contributed by atoms with van der Waals surface area (Å²) in [6.45, 7) is 0. The summed E-state index contributed by atoms with van der Waals surface area (Å²) < 4.78 is 54.2. The maximum Gasteiger partial charge on any atom is 0.340 e. The van der Waals surface area contributed by atoms with Gasteiger partial charge in [-0.2, -0.15) is 0 Å². The van der Waals surface area contributed by atoms with E-state index in [1.165, 1.54) is 0 Å². The first kappa shape index (κ1) is 11.5. The summed E-state index contributed by atoms with van der Waals surface area (Å²) in [6.07, 6.45) is -2.98.